The lowest BCUT2D eigenvalue weighted by atomic mass is 10.2. The lowest BCUT2D eigenvalue weighted by Gasteiger charge is -2.03. The van der Waals surface area contributed by atoms with Crippen molar-refractivity contribution in [2.24, 2.45) is 5.73 Å². The Balaban J connectivity index is 3.28. The van der Waals surface area contributed by atoms with Crippen molar-refractivity contribution in [2.75, 3.05) is 0 Å². The number of hydroxylamine groups is 1. The zero-order valence-corrected chi connectivity index (χ0v) is 7.22. The summed E-state index contributed by atoms with van der Waals surface area (Å²) in [4.78, 5) is 15.2. The van der Waals surface area contributed by atoms with E-state index in [1.807, 2.05) is 5.48 Å². The van der Waals surface area contributed by atoms with Crippen LogP contribution in [-0.2, 0) is 9.63 Å². The summed E-state index contributed by atoms with van der Waals surface area (Å²) in [6, 6.07) is 0. The van der Waals surface area contributed by atoms with Crippen LogP contribution in [0.15, 0.2) is 0 Å². The fourth-order valence-corrected chi connectivity index (χ4v) is 0.682. The number of hydrogen-bond acceptors (Lipinski definition) is 3. The highest BCUT2D eigenvalue weighted by Crippen LogP contribution is 1.99. The van der Waals surface area contributed by atoms with Crippen LogP contribution >= 0.6 is 0 Å². The van der Waals surface area contributed by atoms with Gasteiger partial charge in [-0.3, -0.25) is 5.41 Å². The van der Waals surface area contributed by atoms with Gasteiger partial charge in [0.05, 0.1) is 0 Å². The van der Waals surface area contributed by atoms with Gasteiger partial charge >= 0.3 is 5.97 Å². The van der Waals surface area contributed by atoms with E-state index in [2.05, 4.69) is 11.8 Å². The van der Waals surface area contributed by atoms with Gasteiger partial charge in [-0.25, -0.2) is 4.79 Å². The molecular weight excluding hydrogens is 158 g/mol. The van der Waals surface area contributed by atoms with Crippen molar-refractivity contribution in [1.82, 2.24) is 5.48 Å². The minimum absolute atomic E-state index is 0.362. The number of unbranched alkanes of at least 4 members (excludes halogenated alkanes) is 2. The summed E-state index contributed by atoms with van der Waals surface area (Å²) in [5, 5.41) is 6.69. The summed E-state index contributed by atoms with van der Waals surface area (Å²) in [5.41, 5.74) is 6.87. The standard InChI is InChI=1S/C7H15N3O2/c1-2-3-4-5-6(11)12-10-7(8)9/h2-5H2,1H3,(H4,8,9,10). The predicted octanol–water partition coefficient (Wildman–Crippen LogP) is 0.508. The van der Waals surface area contributed by atoms with Gasteiger partial charge in [-0.1, -0.05) is 19.8 Å². The molecule has 12 heavy (non-hydrogen) atoms. The first-order valence-corrected chi connectivity index (χ1v) is 3.96. The highest BCUT2D eigenvalue weighted by atomic mass is 16.7. The minimum Gasteiger partial charge on any atom is -0.368 e. The first-order chi connectivity index (χ1) is 5.66. The number of hydrogen-bond donors (Lipinski definition) is 3. The molecule has 0 aliphatic rings. The van der Waals surface area contributed by atoms with Gasteiger partial charge < -0.3 is 10.6 Å². The third-order valence-corrected chi connectivity index (χ3v) is 1.26. The van der Waals surface area contributed by atoms with E-state index in [9.17, 15) is 4.79 Å². The molecule has 0 aliphatic carbocycles. The van der Waals surface area contributed by atoms with Crippen LogP contribution in [-0.4, -0.2) is 11.9 Å². The molecule has 5 heteroatoms. The fraction of sp³-hybridized carbons (Fsp3) is 0.714. The highest BCUT2D eigenvalue weighted by molar-refractivity contribution is 5.76. The van der Waals surface area contributed by atoms with Crippen molar-refractivity contribution in [3.05, 3.63) is 0 Å². The summed E-state index contributed by atoms with van der Waals surface area (Å²) in [6.45, 7) is 2.05. The molecule has 0 radical (unpaired) electrons. The number of nitrogens with one attached hydrogen (secondary N) is 2. The summed E-state index contributed by atoms with van der Waals surface area (Å²) < 4.78 is 0. The molecule has 0 atom stereocenters. The van der Waals surface area contributed by atoms with Gasteiger partial charge in [0.25, 0.3) is 0 Å². The van der Waals surface area contributed by atoms with E-state index < -0.39 is 0 Å². The largest absolute Gasteiger partial charge is 0.368 e. The number of nitrogens with two attached hydrogens (primary N) is 1. The SMILES string of the molecule is CCCCCC(=O)ONC(=N)N. The number of rotatable bonds is 4. The van der Waals surface area contributed by atoms with Crippen molar-refractivity contribution < 1.29 is 9.63 Å². The van der Waals surface area contributed by atoms with Crippen molar-refractivity contribution >= 4 is 11.9 Å². The molecule has 5 nitrogen and oxygen atoms in total. The molecule has 70 valence electrons. The highest BCUT2D eigenvalue weighted by Gasteiger charge is 2.01. The zero-order valence-electron chi connectivity index (χ0n) is 7.22. The molecule has 0 heterocycles. The second-order valence-electron chi connectivity index (χ2n) is 2.45. The molecule has 0 aromatic rings. The molecule has 0 saturated carbocycles. The Bertz CT molecular complexity index is 159. The molecular formula is C7H15N3O2. The third kappa shape index (κ3) is 6.85. The van der Waals surface area contributed by atoms with Crippen molar-refractivity contribution in [1.29, 1.82) is 5.41 Å². The Morgan fingerprint density at radius 1 is 1.58 bits per heavy atom. The lowest BCUT2D eigenvalue weighted by Crippen LogP contribution is -2.32. The number of guanidine groups is 1. The monoisotopic (exact) mass is 173 g/mol. The van der Waals surface area contributed by atoms with Crippen LogP contribution in [0.2, 0.25) is 0 Å². The maximum Gasteiger partial charge on any atom is 0.332 e. The van der Waals surface area contributed by atoms with E-state index >= 15 is 0 Å². The van der Waals surface area contributed by atoms with Crippen LogP contribution in [0.1, 0.15) is 32.6 Å². The third-order valence-electron chi connectivity index (χ3n) is 1.26. The van der Waals surface area contributed by atoms with Crippen molar-refractivity contribution in [2.45, 2.75) is 32.6 Å². The van der Waals surface area contributed by atoms with Gasteiger partial charge in [-0.2, -0.15) is 5.48 Å². The average molecular weight is 173 g/mol. The Labute approximate surface area is 71.7 Å². The Morgan fingerprint density at radius 2 is 2.25 bits per heavy atom. The molecule has 0 aromatic heterocycles. The van der Waals surface area contributed by atoms with Gasteiger partial charge in [0.1, 0.15) is 0 Å². The molecule has 0 fully saturated rings. The summed E-state index contributed by atoms with van der Waals surface area (Å²) >= 11 is 0. The Morgan fingerprint density at radius 3 is 2.75 bits per heavy atom. The van der Waals surface area contributed by atoms with Gasteiger partial charge in [0.15, 0.2) is 0 Å². The van der Waals surface area contributed by atoms with Crippen LogP contribution in [0, 0.1) is 5.41 Å². The molecule has 0 saturated heterocycles. The smallest absolute Gasteiger partial charge is 0.332 e. The molecule has 0 spiro atoms. The van der Waals surface area contributed by atoms with Crippen molar-refractivity contribution in [3.63, 3.8) is 0 Å². The first kappa shape index (κ1) is 10.7. The Kier molecular flexibility index (Phi) is 5.77. The minimum atomic E-state index is -0.376. The normalized spacial score (nSPS) is 9.08. The second kappa shape index (κ2) is 6.45. The van der Waals surface area contributed by atoms with E-state index in [1.165, 1.54) is 0 Å². The maximum absolute atomic E-state index is 10.8. The molecule has 4 N–H and O–H groups in total. The van der Waals surface area contributed by atoms with Gasteiger partial charge in [0.2, 0.25) is 5.96 Å². The molecule has 0 aliphatic heterocycles. The molecule has 0 aromatic carbocycles. The van der Waals surface area contributed by atoms with Crippen molar-refractivity contribution in [3.8, 4) is 0 Å². The topological polar surface area (TPSA) is 88.2 Å². The summed E-state index contributed by atoms with van der Waals surface area (Å²) in [7, 11) is 0. The summed E-state index contributed by atoms with van der Waals surface area (Å²) in [6.07, 6.45) is 3.26. The molecule has 0 bridgehead atoms. The lowest BCUT2D eigenvalue weighted by molar-refractivity contribution is -0.148. The van der Waals surface area contributed by atoms with E-state index in [0.29, 0.717) is 6.42 Å². The van der Waals surface area contributed by atoms with E-state index in [4.69, 9.17) is 11.1 Å². The fourth-order valence-electron chi connectivity index (χ4n) is 0.682. The summed E-state index contributed by atoms with van der Waals surface area (Å²) in [5.74, 6) is -0.738. The van der Waals surface area contributed by atoms with Gasteiger partial charge in [-0.05, 0) is 6.42 Å². The van der Waals surface area contributed by atoms with Crippen LogP contribution in [0.3, 0.4) is 0 Å². The van der Waals surface area contributed by atoms with Crippen LogP contribution in [0.4, 0.5) is 0 Å². The van der Waals surface area contributed by atoms with Crippen LogP contribution < -0.4 is 11.2 Å². The van der Waals surface area contributed by atoms with E-state index in [0.717, 1.165) is 19.3 Å². The average Bonchev–Trinajstić information content (AvgIpc) is 2.01. The first-order valence-electron chi connectivity index (χ1n) is 3.96. The van der Waals surface area contributed by atoms with E-state index in [1.54, 1.807) is 0 Å². The Hall–Kier alpha value is -1.26. The van der Waals surface area contributed by atoms with Crippen LogP contribution in [0.25, 0.3) is 0 Å². The van der Waals surface area contributed by atoms with Gasteiger partial charge in [0, 0.05) is 6.42 Å². The van der Waals surface area contributed by atoms with Gasteiger partial charge in [-0.15, -0.1) is 0 Å². The number of carbonyl (C=O) groups is 1. The predicted molar refractivity (Wildman–Crippen MR) is 45.3 cm³/mol. The zero-order chi connectivity index (χ0) is 9.40. The van der Waals surface area contributed by atoms with Crippen LogP contribution in [0.5, 0.6) is 0 Å². The maximum atomic E-state index is 10.8. The number of carbonyl (C=O) groups excluding carboxylic acids is 1. The molecule has 0 unspecified atom stereocenters. The quantitative estimate of drug-likeness (QED) is 0.250. The second-order valence-corrected chi connectivity index (χ2v) is 2.45. The van der Waals surface area contributed by atoms with E-state index in [-0.39, 0.29) is 11.9 Å². The molecule has 0 rings (SSSR count). The molecule has 0 amide bonds.